The maximum Gasteiger partial charge on any atom is 0.161 e. The molecule has 1 atom stereocenters. The quantitative estimate of drug-likeness (QED) is 0.588. The van der Waals surface area contributed by atoms with Crippen LogP contribution in [0.2, 0.25) is 0 Å². The Labute approximate surface area is 104 Å². The Morgan fingerprint density at radius 3 is 2.29 bits per heavy atom. The molecule has 0 aliphatic rings. The lowest BCUT2D eigenvalue weighted by Gasteiger charge is -2.09. The van der Waals surface area contributed by atoms with Gasteiger partial charge < -0.3 is 4.42 Å². The molecular weight excluding hydrogens is 297 g/mol. The van der Waals surface area contributed by atoms with Crippen LogP contribution in [-0.4, -0.2) is 0 Å². The molecule has 0 bridgehead atoms. The summed E-state index contributed by atoms with van der Waals surface area (Å²) in [6.45, 7) is 1.74. The highest BCUT2D eigenvalue weighted by Crippen LogP contribution is 2.34. The molecule has 0 spiro atoms. The van der Waals surface area contributed by atoms with Gasteiger partial charge in [-0.1, -0.05) is 15.9 Å². The molecule has 90 valence electrons. The van der Waals surface area contributed by atoms with Crippen LogP contribution >= 0.6 is 15.9 Å². The summed E-state index contributed by atoms with van der Waals surface area (Å²) in [6, 6.07) is 4.70. The molecule has 1 aromatic carbocycles. The smallest absolute Gasteiger partial charge is 0.161 e. The monoisotopic (exact) mass is 304 g/mol. The molecule has 2 aromatic rings. The van der Waals surface area contributed by atoms with Gasteiger partial charge in [-0.15, -0.1) is 0 Å². The van der Waals surface area contributed by atoms with Crippen LogP contribution in [0.4, 0.5) is 13.2 Å². The first-order valence-electron chi connectivity index (χ1n) is 4.84. The van der Waals surface area contributed by atoms with Crippen molar-refractivity contribution in [1.82, 2.24) is 0 Å². The molecule has 1 heterocycles. The van der Waals surface area contributed by atoms with E-state index in [1.165, 1.54) is 0 Å². The number of benzene rings is 1. The fraction of sp³-hybridized carbons (Fsp3) is 0.167. The summed E-state index contributed by atoms with van der Waals surface area (Å²) >= 11 is 3.19. The van der Waals surface area contributed by atoms with Crippen LogP contribution in [0, 0.1) is 24.4 Å². The zero-order valence-electron chi connectivity index (χ0n) is 8.81. The molecular formula is C12H8BrF3O. The summed E-state index contributed by atoms with van der Waals surface area (Å²) in [5.41, 5.74) is -0.00162. The molecule has 0 N–H and O–H groups in total. The number of aryl methyl sites for hydroxylation is 1. The largest absolute Gasteiger partial charge is 0.465 e. The van der Waals surface area contributed by atoms with Gasteiger partial charge in [0.2, 0.25) is 0 Å². The maximum atomic E-state index is 13.5. The van der Waals surface area contributed by atoms with Gasteiger partial charge in [-0.3, -0.25) is 0 Å². The van der Waals surface area contributed by atoms with Crippen molar-refractivity contribution in [2.45, 2.75) is 11.8 Å². The van der Waals surface area contributed by atoms with E-state index in [0.717, 1.165) is 6.07 Å². The van der Waals surface area contributed by atoms with Crippen LogP contribution in [-0.2, 0) is 0 Å². The minimum absolute atomic E-state index is 0.00162. The molecule has 0 fully saturated rings. The first kappa shape index (κ1) is 12.2. The van der Waals surface area contributed by atoms with Crippen LogP contribution in [0.5, 0.6) is 0 Å². The van der Waals surface area contributed by atoms with E-state index in [1.54, 1.807) is 19.1 Å². The standard InChI is InChI=1S/C12H8BrF3O/c1-6-2-3-11(17-6)12(13)7-4-9(15)10(16)5-8(7)14/h2-5,12H,1H3. The molecule has 1 aromatic heterocycles. The van der Waals surface area contributed by atoms with Gasteiger partial charge in [0.05, 0.1) is 0 Å². The van der Waals surface area contributed by atoms with Crippen molar-refractivity contribution in [3.05, 3.63) is 58.8 Å². The number of alkyl halides is 1. The zero-order valence-corrected chi connectivity index (χ0v) is 10.4. The summed E-state index contributed by atoms with van der Waals surface area (Å²) in [4.78, 5) is -0.647. The molecule has 0 aliphatic carbocycles. The zero-order chi connectivity index (χ0) is 12.6. The van der Waals surface area contributed by atoms with Gasteiger partial charge in [0.1, 0.15) is 22.2 Å². The van der Waals surface area contributed by atoms with Crippen LogP contribution < -0.4 is 0 Å². The predicted octanol–water partition coefficient (Wildman–Crippen LogP) is 4.49. The van der Waals surface area contributed by atoms with E-state index < -0.39 is 22.3 Å². The Morgan fingerprint density at radius 2 is 1.71 bits per heavy atom. The lowest BCUT2D eigenvalue weighted by Crippen LogP contribution is -1.98. The molecule has 0 saturated carbocycles. The van der Waals surface area contributed by atoms with Crippen LogP contribution in [0.1, 0.15) is 21.9 Å². The van der Waals surface area contributed by atoms with Crippen LogP contribution in [0.3, 0.4) is 0 Å². The molecule has 0 saturated heterocycles. The molecule has 0 aliphatic heterocycles. The minimum Gasteiger partial charge on any atom is -0.465 e. The number of furan rings is 1. The second-order valence-corrected chi connectivity index (χ2v) is 4.51. The van der Waals surface area contributed by atoms with Gasteiger partial charge >= 0.3 is 0 Å². The first-order chi connectivity index (χ1) is 7.99. The number of hydrogen-bond donors (Lipinski definition) is 0. The van der Waals surface area contributed by atoms with E-state index in [1.807, 2.05) is 0 Å². The Kier molecular flexibility index (Phi) is 3.28. The van der Waals surface area contributed by atoms with Gasteiger partial charge in [0.15, 0.2) is 11.6 Å². The molecule has 0 amide bonds. The molecule has 0 radical (unpaired) electrons. The second kappa shape index (κ2) is 4.56. The van der Waals surface area contributed by atoms with Gasteiger partial charge in [0, 0.05) is 11.6 Å². The Hall–Kier alpha value is -1.23. The van der Waals surface area contributed by atoms with Crippen LogP contribution in [0.15, 0.2) is 28.7 Å². The van der Waals surface area contributed by atoms with Gasteiger partial charge in [0.25, 0.3) is 0 Å². The van der Waals surface area contributed by atoms with Crippen molar-refractivity contribution >= 4 is 15.9 Å². The molecule has 1 nitrogen and oxygen atoms in total. The highest BCUT2D eigenvalue weighted by Gasteiger charge is 2.20. The lowest BCUT2D eigenvalue weighted by molar-refractivity contribution is 0.475. The maximum absolute atomic E-state index is 13.5. The van der Waals surface area contributed by atoms with E-state index in [9.17, 15) is 13.2 Å². The number of rotatable bonds is 2. The average Bonchev–Trinajstić information content (AvgIpc) is 2.69. The third-order valence-electron chi connectivity index (χ3n) is 2.32. The summed E-state index contributed by atoms with van der Waals surface area (Å²) in [5, 5.41) is 0. The summed E-state index contributed by atoms with van der Waals surface area (Å²) in [7, 11) is 0. The van der Waals surface area contributed by atoms with Crippen molar-refractivity contribution in [2.24, 2.45) is 0 Å². The van der Waals surface area contributed by atoms with E-state index in [4.69, 9.17) is 4.42 Å². The molecule has 5 heteroatoms. The molecule has 17 heavy (non-hydrogen) atoms. The highest BCUT2D eigenvalue weighted by molar-refractivity contribution is 9.09. The third kappa shape index (κ3) is 2.39. The summed E-state index contributed by atoms with van der Waals surface area (Å²) in [6.07, 6.45) is 0. The fourth-order valence-corrected chi connectivity index (χ4v) is 2.07. The van der Waals surface area contributed by atoms with Crippen molar-refractivity contribution in [3.63, 3.8) is 0 Å². The Bertz CT molecular complexity index is 551. The van der Waals surface area contributed by atoms with Gasteiger partial charge in [-0.2, -0.15) is 0 Å². The predicted molar refractivity (Wildman–Crippen MR) is 60.5 cm³/mol. The summed E-state index contributed by atoms with van der Waals surface area (Å²) in [5.74, 6) is -2.02. The van der Waals surface area contributed by atoms with Gasteiger partial charge in [-0.05, 0) is 25.1 Å². The molecule has 2 rings (SSSR count). The van der Waals surface area contributed by atoms with E-state index >= 15 is 0 Å². The van der Waals surface area contributed by atoms with Crippen LogP contribution in [0.25, 0.3) is 0 Å². The fourth-order valence-electron chi connectivity index (χ4n) is 1.48. The van der Waals surface area contributed by atoms with Crippen molar-refractivity contribution in [2.75, 3.05) is 0 Å². The van der Waals surface area contributed by atoms with Crippen molar-refractivity contribution in [3.8, 4) is 0 Å². The van der Waals surface area contributed by atoms with Gasteiger partial charge in [-0.25, -0.2) is 13.2 Å². The Morgan fingerprint density at radius 1 is 1.06 bits per heavy atom. The first-order valence-corrected chi connectivity index (χ1v) is 5.75. The molecule has 1 unspecified atom stereocenters. The lowest BCUT2D eigenvalue weighted by atomic mass is 10.1. The second-order valence-electron chi connectivity index (χ2n) is 3.60. The van der Waals surface area contributed by atoms with Crippen molar-refractivity contribution in [1.29, 1.82) is 0 Å². The van der Waals surface area contributed by atoms with E-state index in [-0.39, 0.29) is 5.56 Å². The minimum atomic E-state index is -1.21. The van der Waals surface area contributed by atoms with E-state index in [2.05, 4.69) is 15.9 Å². The highest BCUT2D eigenvalue weighted by atomic mass is 79.9. The van der Waals surface area contributed by atoms with E-state index in [0.29, 0.717) is 17.6 Å². The number of hydrogen-bond acceptors (Lipinski definition) is 1. The average molecular weight is 305 g/mol. The van der Waals surface area contributed by atoms with Crippen molar-refractivity contribution < 1.29 is 17.6 Å². The Balaban J connectivity index is 2.43. The SMILES string of the molecule is Cc1ccc(C(Br)c2cc(F)c(F)cc2F)o1. The normalized spacial score (nSPS) is 12.8. The third-order valence-corrected chi connectivity index (χ3v) is 3.27. The topological polar surface area (TPSA) is 13.1 Å². The number of halogens is 4. The summed E-state index contributed by atoms with van der Waals surface area (Å²) < 4.78 is 44.6.